The molecule has 4 nitrogen and oxygen atoms in total. The van der Waals surface area contributed by atoms with Crippen LogP contribution in [0.3, 0.4) is 0 Å². The van der Waals surface area contributed by atoms with Crippen molar-refractivity contribution in [3.8, 4) is 5.75 Å². The summed E-state index contributed by atoms with van der Waals surface area (Å²) in [4.78, 5) is 11.7. The zero-order chi connectivity index (χ0) is 15.0. The van der Waals surface area contributed by atoms with Crippen LogP contribution < -0.4 is 15.4 Å². The minimum Gasteiger partial charge on any atom is -0.483 e. The van der Waals surface area contributed by atoms with E-state index in [4.69, 9.17) is 4.74 Å². The smallest absolute Gasteiger partial charge is 0.257 e. The average molecular weight is 278 g/mol. The monoisotopic (exact) mass is 278 g/mol. The van der Waals surface area contributed by atoms with Gasteiger partial charge in [0.25, 0.3) is 5.91 Å². The normalized spacial score (nSPS) is 12.0. The molecular weight excluding hydrogens is 252 g/mol. The number of hydrogen-bond donors (Lipinski definition) is 2. The predicted molar refractivity (Wildman–Crippen MR) is 82.1 cm³/mol. The number of nitrogens with one attached hydrogen (secondary N) is 2. The lowest BCUT2D eigenvalue weighted by Crippen LogP contribution is -2.30. The fourth-order valence-corrected chi connectivity index (χ4v) is 1.89. The second kappa shape index (κ2) is 8.59. The Labute approximate surface area is 121 Å². The Hall–Kier alpha value is -1.55. The predicted octanol–water partition coefficient (Wildman–Crippen LogP) is 2.57. The molecule has 20 heavy (non-hydrogen) atoms. The molecule has 4 heteroatoms. The van der Waals surface area contributed by atoms with E-state index in [0.717, 1.165) is 24.2 Å². The van der Waals surface area contributed by atoms with Gasteiger partial charge in [0.05, 0.1) is 0 Å². The fraction of sp³-hybridized carbons (Fsp3) is 0.562. The van der Waals surface area contributed by atoms with Crippen molar-refractivity contribution in [2.45, 2.75) is 39.7 Å². The molecule has 0 aromatic heterocycles. The van der Waals surface area contributed by atoms with Gasteiger partial charge >= 0.3 is 0 Å². The standard InChI is InChI=1S/C16H26N2O2/c1-5-6-9-18-16(19)11-20-15-8-7-12(2)10-14(15)13(3)17-4/h7-8,10,13,17H,5-6,9,11H2,1-4H3,(H,18,19). The number of benzene rings is 1. The number of amides is 1. The molecule has 112 valence electrons. The zero-order valence-electron chi connectivity index (χ0n) is 13.0. The maximum atomic E-state index is 11.7. The molecule has 0 fully saturated rings. The van der Waals surface area contributed by atoms with Crippen LogP contribution in [0.5, 0.6) is 5.75 Å². The van der Waals surface area contributed by atoms with Gasteiger partial charge < -0.3 is 15.4 Å². The van der Waals surface area contributed by atoms with Gasteiger partial charge in [-0.05, 0) is 33.4 Å². The van der Waals surface area contributed by atoms with E-state index in [1.807, 2.05) is 26.1 Å². The van der Waals surface area contributed by atoms with Gasteiger partial charge in [0, 0.05) is 18.2 Å². The first-order chi connectivity index (χ1) is 9.58. The topological polar surface area (TPSA) is 50.4 Å². The van der Waals surface area contributed by atoms with E-state index in [1.165, 1.54) is 5.56 Å². The largest absolute Gasteiger partial charge is 0.483 e. The fourth-order valence-electron chi connectivity index (χ4n) is 1.89. The maximum Gasteiger partial charge on any atom is 0.257 e. The molecule has 0 aliphatic heterocycles. The highest BCUT2D eigenvalue weighted by Crippen LogP contribution is 2.26. The minimum atomic E-state index is -0.0675. The molecule has 1 rings (SSSR count). The quantitative estimate of drug-likeness (QED) is 0.719. The van der Waals surface area contributed by atoms with E-state index >= 15 is 0 Å². The van der Waals surface area contributed by atoms with E-state index in [2.05, 4.69) is 30.5 Å². The summed E-state index contributed by atoms with van der Waals surface area (Å²) in [6.07, 6.45) is 2.07. The molecule has 0 bridgehead atoms. The van der Waals surface area contributed by atoms with Crippen LogP contribution in [0.4, 0.5) is 0 Å². The summed E-state index contributed by atoms with van der Waals surface area (Å²) in [6, 6.07) is 6.20. The minimum absolute atomic E-state index is 0.0657. The SMILES string of the molecule is CCCCNC(=O)COc1ccc(C)cc1C(C)NC. The first kappa shape index (κ1) is 16.5. The number of carbonyl (C=O) groups excluding carboxylic acids is 1. The number of carbonyl (C=O) groups is 1. The lowest BCUT2D eigenvalue weighted by Gasteiger charge is -2.17. The van der Waals surface area contributed by atoms with Crippen LogP contribution in [0.2, 0.25) is 0 Å². The Balaban J connectivity index is 2.61. The van der Waals surface area contributed by atoms with Gasteiger partial charge in [-0.25, -0.2) is 0 Å². The third-order valence-corrected chi connectivity index (χ3v) is 3.28. The Bertz CT molecular complexity index is 432. The highest BCUT2D eigenvalue weighted by atomic mass is 16.5. The van der Waals surface area contributed by atoms with Crippen molar-refractivity contribution in [1.82, 2.24) is 10.6 Å². The van der Waals surface area contributed by atoms with Crippen LogP contribution in [-0.4, -0.2) is 26.1 Å². The Kier molecular flexibility index (Phi) is 7.09. The van der Waals surface area contributed by atoms with Crippen LogP contribution in [0.25, 0.3) is 0 Å². The van der Waals surface area contributed by atoms with Crippen LogP contribution in [-0.2, 0) is 4.79 Å². The number of ether oxygens (including phenoxy) is 1. The van der Waals surface area contributed by atoms with Crippen molar-refractivity contribution in [2.75, 3.05) is 20.2 Å². The second-order valence-electron chi connectivity index (χ2n) is 5.04. The number of aryl methyl sites for hydroxylation is 1. The summed E-state index contributed by atoms with van der Waals surface area (Å²) >= 11 is 0. The lowest BCUT2D eigenvalue weighted by molar-refractivity contribution is -0.123. The highest BCUT2D eigenvalue weighted by molar-refractivity contribution is 5.77. The van der Waals surface area contributed by atoms with Gasteiger partial charge in [-0.3, -0.25) is 4.79 Å². The molecular formula is C16H26N2O2. The molecule has 0 heterocycles. The Morgan fingerprint density at radius 3 is 2.80 bits per heavy atom. The van der Waals surface area contributed by atoms with Gasteiger partial charge in [0.15, 0.2) is 6.61 Å². The first-order valence-corrected chi connectivity index (χ1v) is 7.25. The van der Waals surface area contributed by atoms with Crippen LogP contribution in [0, 0.1) is 6.92 Å². The summed E-state index contributed by atoms with van der Waals surface area (Å²) in [6.45, 7) is 7.00. The molecule has 1 aromatic carbocycles. The van der Waals surface area contributed by atoms with Crippen LogP contribution in [0.1, 0.15) is 43.9 Å². The van der Waals surface area contributed by atoms with Crippen molar-refractivity contribution < 1.29 is 9.53 Å². The zero-order valence-corrected chi connectivity index (χ0v) is 13.0. The summed E-state index contributed by atoms with van der Waals surface area (Å²) in [7, 11) is 1.91. The van der Waals surface area contributed by atoms with Crippen molar-refractivity contribution in [2.24, 2.45) is 0 Å². The molecule has 0 radical (unpaired) electrons. The lowest BCUT2D eigenvalue weighted by atomic mass is 10.0. The van der Waals surface area contributed by atoms with Crippen LogP contribution >= 0.6 is 0 Å². The molecule has 1 atom stereocenters. The molecule has 0 saturated heterocycles. The van der Waals surface area contributed by atoms with Gasteiger partial charge in [-0.1, -0.05) is 31.0 Å². The van der Waals surface area contributed by atoms with Gasteiger partial charge in [-0.2, -0.15) is 0 Å². The molecule has 1 unspecified atom stereocenters. The molecule has 0 saturated carbocycles. The van der Waals surface area contributed by atoms with Crippen molar-refractivity contribution in [3.63, 3.8) is 0 Å². The second-order valence-corrected chi connectivity index (χ2v) is 5.04. The highest BCUT2D eigenvalue weighted by Gasteiger charge is 2.11. The molecule has 0 aliphatic rings. The summed E-state index contributed by atoms with van der Waals surface area (Å²) in [5, 5.41) is 6.05. The molecule has 1 aromatic rings. The molecule has 2 N–H and O–H groups in total. The molecule has 0 aliphatic carbocycles. The van der Waals surface area contributed by atoms with E-state index in [0.29, 0.717) is 6.54 Å². The molecule has 1 amide bonds. The van der Waals surface area contributed by atoms with E-state index in [-0.39, 0.29) is 18.6 Å². The van der Waals surface area contributed by atoms with Gasteiger partial charge in [0.2, 0.25) is 0 Å². The van der Waals surface area contributed by atoms with E-state index in [9.17, 15) is 4.79 Å². The van der Waals surface area contributed by atoms with Gasteiger partial charge in [-0.15, -0.1) is 0 Å². The third kappa shape index (κ3) is 5.21. The summed E-state index contributed by atoms with van der Waals surface area (Å²) in [5.74, 6) is 0.699. The summed E-state index contributed by atoms with van der Waals surface area (Å²) in [5.41, 5.74) is 2.26. The van der Waals surface area contributed by atoms with Crippen molar-refractivity contribution >= 4 is 5.91 Å². The van der Waals surface area contributed by atoms with Crippen LogP contribution in [0.15, 0.2) is 18.2 Å². The number of hydrogen-bond acceptors (Lipinski definition) is 3. The maximum absolute atomic E-state index is 11.7. The Morgan fingerprint density at radius 2 is 2.15 bits per heavy atom. The summed E-state index contributed by atoms with van der Waals surface area (Å²) < 4.78 is 5.66. The Morgan fingerprint density at radius 1 is 1.40 bits per heavy atom. The van der Waals surface area contributed by atoms with Crippen molar-refractivity contribution in [3.05, 3.63) is 29.3 Å². The first-order valence-electron chi connectivity index (χ1n) is 7.25. The average Bonchev–Trinajstić information content (AvgIpc) is 2.45. The number of unbranched alkanes of at least 4 members (excludes halogenated alkanes) is 1. The molecule has 0 spiro atoms. The van der Waals surface area contributed by atoms with E-state index < -0.39 is 0 Å². The van der Waals surface area contributed by atoms with E-state index in [1.54, 1.807) is 0 Å². The van der Waals surface area contributed by atoms with Crippen molar-refractivity contribution in [1.29, 1.82) is 0 Å². The van der Waals surface area contributed by atoms with Gasteiger partial charge in [0.1, 0.15) is 5.75 Å². The number of rotatable bonds is 8. The third-order valence-electron chi connectivity index (χ3n) is 3.28.